The zero-order chi connectivity index (χ0) is 15.9. The van der Waals surface area contributed by atoms with Crippen molar-refractivity contribution in [1.29, 1.82) is 0 Å². The minimum Gasteiger partial charge on any atom is -0.352 e. The Morgan fingerprint density at radius 1 is 0.870 bits per heavy atom. The lowest BCUT2D eigenvalue weighted by molar-refractivity contribution is 0.0954. The highest BCUT2D eigenvalue weighted by Gasteiger charge is 2.05. The molecule has 1 amide bonds. The van der Waals surface area contributed by atoms with Gasteiger partial charge in [0.25, 0.3) is 5.91 Å². The molecule has 0 heterocycles. The molecule has 0 aliphatic carbocycles. The Labute approximate surface area is 140 Å². The van der Waals surface area contributed by atoms with Crippen LogP contribution in [0.25, 0.3) is 10.8 Å². The lowest BCUT2D eigenvalue weighted by Crippen LogP contribution is -2.24. The van der Waals surface area contributed by atoms with E-state index in [4.69, 9.17) is 0 Å². The first-order chi connectivity index (χ1) is 11.3. The number of thioether (sulfide) groups is 1. The highest BCUT2D eigenvalue weighted by molar-refractivity contribution is 7.99. The van der Waals surface area contributed by atoms with Gasteiger partial charge < -0.3 is 5.32 Å². The topological polar surface area (TPSA) is 29.1 Å². The molecule has 0 aliphatic heterocycles. The fourth-order valence-electron chi connectivity index (χ4n) is 2.41. The fraction of sp³-hybridized carbons (Fsp3) is 0.150. The summed E-state index contributed by atoms with van der Waals surface area (Å²) in [5.74, 6) is 1.00. The summed E-state index contributed by atoms with van der Waals surface area (Å²) in [5, 5.41) is 5.25. The monoisotopic (exact) mass is 321 g/mol. The quantitative estimate of drug-likeness (QED) is 0.524. The summed E-state index contributed by atoms with van der Waals surface area (Å²) in [5.41, 5.74) is 0.722. The molecule has 3 heteroatoms. The number of carbonyl (C=O) groups excluding carboxylic acids is 1. The molecule has 0 radical (unpaired) electrons. The molecule has 3 aromatic carbocycles. The smallest absolute Gasteiger partial charge is 0.251 e. The van der Waals surface area contributed by atoms with Crippen LogP contribution in [0.2, 0.25) is 0 Å². The zero-order valence-electron chi connectivity index (χ0n) is 12.9. The third kappa shape index (κ3) is 4.36. The van der Waals surface area contributed by atoms with Gasteiger partial charge in [-0.15, -0.1) is 11.8 Å². The summed E-state index contributed by atoms with van der Waals surface area (Å²) >= 11 is 1.82. The number of carbonyl (C=O) groups is 1. The van der Waals surface area contributed by atoms with Gasteiger partial charge in [0.05, 0.1) is 0 Å². The van der Waals surface area contributed by atoms with Crippen molar-refractivity contribution in [2.24, 2.45) is 0 Å². The SMILES string of the molecule is O=C(NCCCSc1ccccc1)c1ccc2ccccc2c1. The summed E-state index contributed by atoms with van der Waals surface area (Å²) in [4.78, 5) is 13.5. The Balaban J connectivity index is 1.47. The van der Waals surface area contributed by atoms with E-state index in [2.05, 4.69) is 23.5 Å². The van der Waals surface area contributed by atoms with Crippen LogP contribution in [0.15, 0.2) is 77.7 Å². The van der Waals surface area contributed by atoms with Crippen LogP contribution in [-0.4, -0.2) is 18.2 Å². The Kier molecular flexibility index (Phi) is 5.33. The molecule has 0 bridgehead atoms. The molecule has 0 saturated carbocycles. The standard InChI is InChI=1S/C20H19NOS/c22-20(18-12-11-16-7-4-5-8-17(16)15-18)21-13-6-14-23-19-9-2-1-3-10-19/h1-5,7-12,15H,6,13-14H2,(H,21,22). The van der Waals surface area contributed by atoms with E-state index in [1.165, 1.54) is 4.90 Å². The van der Waals surface area contributed by atoms with E-state index >= 15 is 0 Å². The maximum atomic E-state index is 12.2. The van der Waals surface area contributed by atoms with Crippen LogP contribution in [0.4, 0.5) is 0 Å². The first-order valence-electron chi connectivity index (χ1n) is 7.78. The molecule has 0 saturated heterocycles. The molecular weight excluding hydrogens is 302 g/mol. The van der Waals surface area contributed by atoms with Crippen LogP contribution in [0.3, 0.4) is 0 Å². The first kappa shape index (κ1) is 15.6. The van der Waals surface area contributed by atoms with Crippen molar-refractivity contribution < 1.29 is 4.79 Å². The maximum Gasteiger partial charge on any atom is 0.251 e. The molecule has 0 spiro atoms. The molecule has 2 nitrogen and oxygen atoms in total. The van der Waals surface area contributed by atoms with Crippen molar-refractivity contribution >= 4 is 28.4 Å². The number of nitrogens with one attached hydrogen (secondary N) is 1. The van der Waals surface area contributed by atoms with E-state index in [1.54, 1.807) is 0 Å². The van der Waals surface area contributed by atoms with Gasteiger partial charge in [-0.3, -0.25) is 4.79 Å². The Hall–Kier alpha value is -2.26. The summed E-state index contributed by atoms with van der Waals surface area (Å²) in [6.45, 7) is 0.700. The van der Waals surface area contributed by atoms with Crippen molar-refractivity contribution in [2.75, 3.05) is 12.3 Å². The van der Waals surface area contributed by atoms with Crippen LogP contribution in [-0.2, 0) is 0 Å². The van der Waals surface area contributed by atoms with Crippen molar-refractivity contribution in [3.63, 3.8) is 0 Å². The predicted octanol–water partition coefficient (Wildman–Crippen LogP) is 4.75. The summed E-state index contributed by atoms with van der Waals surface area (Å²) < 4.78 is 0. The van der Waals surface area contributed by atoms with E-state index in [9.17, 15) is 4.79 Å². The molecule has 3 rings (SSSR count). The molecule has 0 aromatic heterocycles. The summed E-state index contributed by atoms with van der Waals surface area (Å²) in [7, 11) is 0. The second kappa shape index (κ2) is 7.84. The highest BCUT2D eigenvalue weighted by Crippen LogP contribution is 2.18. The van der Waals surface area contributed by atoms with Crippen molar-refractivity contribution in [3.8, 4) is 0 Å². The minimum absolute atomic E-state index is 0.000430. The number of amides is 1. The van der Waals surface area contributed by atoms with Gasteiger partial charge in [-0.05, 0) is 47.2 Å². The van der Waals surface area contributed by atoms with Crippen molar-refractivity contribution in [3.05, 3.63) is 78.4 Å². The zero-order valence-corrected chi connectivity index (χ0v) is 13.7. The third-order valence-corrected chi connectivity index (χ3v) is 4.73. The van der Waals surface area contributed by atoms with Gasteiger partial charge in [-0.25, -0.2) is 0 Å². The second-order valence-electron chi connectivity index (χ2n) is 5.33. The Morgan fingerprint density at radius 3 is 2.43 bits per heavy atom. The van der Waals surface area contributed by atoms with Crippen LogP contribution in [0.1, 0.15) is 16.8 Å². The highest BCUT2D eigenvalue weighted by atomic mass is 32.2. The van der Waals surface area contributed by atoms with Gasteiger partial charge in [0.15, 0.2) is 0 Å². The van der Waals surface area contributed by atoms with Crippen molar-refractivity contribution in [2.45, 2.75) is 11.3 Å². The number of rotatable bonds is 6. The fourth-order valence-corrected chi connectivity index (χ4v) is 3.29. The lowest BCUT2D eigenvalue weighted by atomic mass is 10.1. The number of benzene rings is 3. The Bertz CT molecular complexity index is 786. The average molecular weight is 321 g/mol. The molecular formula is C20H19NOS. The second-order valence-corrected chi connectivity index (χ2v) is 6.50. The van der Waals surface area contributed by atoms with Gasteiger partial charge in [-0.2, -0.15) is 0 Å². The van der Waals surface area contributed by atoms with Crippen LogP contribution >= 0.6 is 11.8 Å². The molecule has 0 fully saturated rings. The molecule has 0 atom stereocenters. The van der Waals surface area contributed by atoms with Gasteiger partial charge in [0.1, 0.15) is 0 Å². The van der Waals surface area contributed by atoms with Crippen LogP contribution in [0.5, 0.6) is 0 Å². The van der Waals surface area contributed by atoms with Gasteiger partial charge >= 0.3 is 0 Å². The van der Waals surface area contributed by atoms with Gasteiger partial charge in [0, 0.05) is 17.0 Å². The number of hydrogen-bond donors (Lipinski definition) is 1. The van der Waals surface area contributed by atoms with Crippen molar-refractivity contribution in [1.82, 2.24) is 5.32 Å². The molecule has 116 valence electrons. The van der Waals surface area contributed by atoms with Crippen LogP contribution < -0.4 is 5.32 Å². The third-order valence-electron chi connectivity index (χ3n) is 3.63. The Morgan fingerprint density at radius 2 is 1.61 bits per heavy atom. The number of fused-ring (bicyclic) bond motifs is 1. The normalized spacial score (nSPS) is 10.6. The maximum absolute atomic E-state index is 12.2. The largest absolute Gasteiger partial charge is 0.352 e. The van der Waals surface area contributed by atoms with E-state index in [0.717, 1.165) is 28.5 Å². The van der Waals surface area contributed by atoms with E-state index in [1.807, 2.05) is 66.4 Å². The summed E-state index contributed by atoms with van der Waals surface area (Å²) in [6.07, 6.45) is 0.957. The molecule has 23 heavy (non-hydrogen) atoms. The average Bonchev–Trinajstić information content (AvgIpc) is 2.61. The molecule has 3 aromatic rings. The van der Waals surface area contributed by atoms with Gasteiger partial charge in [0.2, 0.25) is 0 Å². The lowest BCUT2D eigenvalue weighted by Gasteiger charge is -2.06. The van der Waals surface area contributed by atoms with E-state index in [0.29, 0.717) is 6.54 Å². The predicted molar refractivity (Wildman–Crippen MR) is 98.1 cm³/mol. The number of hydrogen-bond acceptors (Lipinski definition) is 2. The minimum atomic E-state index is 0.000430. The van der Waals surface area contributed by atoms with E-state index in [-0.39, 0.29) is 5.91 Å². The molecule has 1 N–H and O–H groups in total. The molecule has 0 aliphatic rings. The van der Waals surface area contributed by atoms with Crippen LogP contribution in [0, 0.1) is 0 Å². The van der Waals surface area contributed by atoms with E-state index < -0.39 is 0 Å². The molecule has 0 unspecified atom stereocenters. The summed E-state index contributed by atoms with van der Waals surface area (Å²) in [6, 6.07) is 24.2. The first-order valence-corrected chi connectivity index (χ1v) is 8.76. The van der Waals surface area contributed by atoms with Gasteiger partial charge in [-0.1, -0.05) is 48.5 Å².